The minimum atomic E-state index is -0.0810. The van der Waals surface area contributed by atoms with Crippen LogP contribution in [0.3, 0.4) is 0 Å². The summed E-state index contributed by atoms with van der Waals surface area (Å²) in [6.45, 7) is 4.19. The van der Waals surface area contributed by atoms with Crippen LogP contribution in [0.2, 0.25) is 0 Å². The molecule has 0 bridgehead atoms. The minimum absolute atomic E-state index is 0.0627. The highest BCUT2D eigenvalue weighted by Gasteiger charge is 2.49. The molecule has 0 aromatic rings. The van der Waals surface area contributed by atoms with Gasteiger partial charge >= 0.3 is 0 Å². The molecular weight excluding hydrogens is 290 g/mol. The van der Waals surface area contributed by atoms with E-state index in [1.165, 1.54) is 31.3 Å². The topological polar surface area (TPSA) is 52.7 Å². The smallest absolute Gasteiger partial charge is 0.226 e. The Labute approximate surface area is 139 Å². The molecular formula is C18H29N3O2. The van der Waals surface area contributed by atoms with Crippen LogP contribution < -0.4 is 5.32 Å². The van der Waals surface area contributed by atoms with Gasteiger partial charge in [0.25, 0.3) is 0 Å². The first-order chi connectivity index (χ1) is 11.1. The normalized spacial score (nSPS) is 28.2. The quantitative estimate of drug-likeness (QED) is 0.780. The number of hydrogen-bond donors (Lipinski definition) is 1. The Kier molecular flexibility index (Phi) is 5.36. The van der Waals surface area contributed by atoms with Crippen molar-refractivity contribution in [3.8, 4) is 0 Å². The number of likely N-dealkylation sites (N-methyl/N-ethyl adjacent to an activating group) is 1. The van der Waals surface area contributed by atoms with Crippen LogP contribution in [0, 0.1) is 11.8 Å². The standard InChI is InChI=1S/C18H29N3O2/c1-20-9-11-21(12-10-20)18(23)16-13-15(16)17(22)19-8-7-14-5-3-2-4-6-14/h5,15-16H,2-4,6-13H2,1H3,(H,19,22). The van der Waals surface area contributed by atoms with Crippen molar-refractivity contribution in [2.75, 3.05) is 39.8 Å². The van der Waals surface area contributed by atoms with Gasteiger partial charge < -0.3 is 15.1 Å². The van der Waals surface area contributed by atoms with Gasteiger partial charge in [-0.2, -0.15) is 0 Å². The molecule has 1 saturated carbocycles. The molecule has 3 aliphatic rings. The molecule has 5 nitrogen and oxygen atoms in total. The Morgan fingerprint density at radius 2 is 1.96 bits per heavy atom. The van der Waals surface area contributed by atoms with E-state index in [1.807, 2.05) is 4.90 Å². The van der Waals surface area contributed by atoms with Crippen LogP contribution in [0.1, 0.15) is 38.5 Å². The molecule has 2 atom stereocenters. The van der Waals surface area contributed by atoms with Crippen molar-refractivity contribution in [1.82, 2.24) is 15.1 Å². The molecule has 1 heterocycles. The highest BCUT2D eigenvalue weighted by atomic mass is 16.2. The van der Waals surface area contributed by atoms with Crippen LogP contribution in [0.25, 0.3) is 0 Å². The Hall–Kier alpha value is -1.36. The van der Waals surface area contributed by atoms with E-state index < -0.39 is 0 Å². The first-order valence-electron chi connectivity index (χ1n) is 9.08. The van der Waals surface area contributed by atoms with Gasteiger partial charge in [0.1, 0.15) is 0 Å². The zero-order valence-electron chi connectivity index (χ0n) is 14.2. The fourth-order valence-corrected chi connectivity index (χ4v) is 3.63. The predicted octanol–water partition coefficient (Wildman–Crippen LogP) is 1.40. The van der Waals surface area contributed by atoms with E-state index >= 15 is 0 Å². The molecule has 5 heteroatoms. The second-order valence-electron chi connectivity index (χ2n) is 7.23. The van der Waals surface area contributed by atoms with E-state index in [9.17, 15) is 9.59 Å². The third kappa shape index (κ3) is 4.34. The van der Waals surface area contributed by atoms with Crippen LogP contribution in [0.4, 0.5) is 0 Å². The van der Waals surface area contributed by atoms with Gasteiger partial charge in [0.2, 0.25) is 11.8 Å². The third-order valence-corrected chi connectivity index (χ3v) is 5.39. The van der Waals surface area contributed by atoms with Gasteiger partial charge in [0.15, 0.2) is 0 Å². The average Bonchev–Trinajstić information content (AvgIpc) is 3.36. The molecule has 128 valence electrons. The van der Waals surface area contributed by atoms with E-state index in [-0.39, 0.29) is 23.7 Å². The number of carbonyl (C=O) groups excluding carboxylic acids is 2. The Morgan fingerprint density at radius 3 is 2.65 bits per heavy atom. The number of carbonyl (C=O) groups is 2. The largest absolute Gasteiger partial charge is 0.356 e. The molecule has 0 aromatic carbocycles. The van der Waals surface area contributed by atoms with Crippen molar-refractivity contribution in [2.24, 2.45) is 11.8 Å². The second-order valence-corrected chi connectivity index (χ2v) is 7.23. The molecule has 23 heavy (non-hydrogen) atoms. The van der Waals surface area contributed by atoms with Crippen molar-refractivity contribution in [3.63, 3.8) is 0 Å². The van der Waals surface area contributed by atoms with Crippen LogP contribution in [-0.2, 0) is 9.59 Å². The average molecular weight is 319 g/mol. The zero-order valence-corrected chi connectivity index (χ0v) is 14.2. The summed E-state index contributed by atoms with van der Waals surface area (Å²) in [5, 5.41) is 3.03. The lowest BCUT2D eigenvalue weighted by Gasteiger charge is -2.32. The second kappa shape index (κ2) is 7.47. The predicted molar refractivity (Wildman–Crippen MR) is 89.9 cm³/mol. The Balaban J connectivity index is 1.36. The molecule has 1 aliphatic heterocycles. The van der Waals surface area contributed by atoms with Crippen molar-refractivity contribution >= 4 is 11.8 Å². The lowest BCUT2D eigenvalue weighted by atomic mass is 9.97. The molecule has 1 saturated heterocycles. The Morgan fingerprint density at radius 1 is 1.17 bits per heavy atom. The van der Waals surface area contributed by atoms with Crippen LogP contribution in [-0.4, -0.2) is 61.4 Å². The summed E-state index contributed by atoms with van der Waals surface area (Å²) in [4.78, 5) is 28.8. The van der Waals surface area contributed by atoms with E-state index in [0.29, 0.717) is 0 Å². The van der Waals surface area contributed by atoms with Crippen molar-refractivity contribution in [2.45, 2.75) is 38.5 Å². The van der Waals surface area contributed by atoms with Gasteiger partial charge in [-0.1, -0.05) is 11.6 Å². The fourth-order valence-electron chi connectivity index (χ4n) is 3.63. The molecule has 0 radical (unpaired) electrons. The molecule has 2 amide bonds. The van der Waals surface area contributed by atoms with Gasteiger partial charge in [0.05, 0.1) is 11.8 Å². The van der Waals surface area contributed by atoms with E-state index in [1.54, 1.807) is 0 Å². The first-order valence-corrected chi connectivity index (χ1v) is 9.08. The molecule has 2 fully saturated rings. The molecule has 0 spiro atoms. The van der Waals surface area contributed by atoms with Crippen LogP contribution in [0.15, 0.2) is 11.6 Å². The summed E-state index contributed by atoms with van der Waals surface area (Å²) < 4.78 is 0. The maximum absolute atomic E-state index is 12.4. The van der Waals surface area contributed by atoms with Gasteiger partial charge in [-0.15, -0.1) is 0 Å². The van der Waals surface area contributed by atoms with E-state index in [4.69, 9.17) is 0 Å². The Bertz CT molecular complexity index is 481. The van der Waals surface area contributed by atoms with Gasteiger partial charge in [-0.05, 0) is 45.6 Å². The summed E-state index contributed by atoms with van der Waals surface area (Å²) in [5.74, 6) is 0.122. The van der Waals surface area contributed by atoms with Crippen LogP contribution >= 0.6 is 0 Å². The maximum Gasteiger partial charge on any atom is 0.226 e. The summed E-state index contributed by atoms with van der Waals surface area (Å²) in [6.07, 6.45) is 8.98. The van der Waals surface area contributed by atoms with Gasteiger partial charge in [-0.3, -0.25) is 9.59 Å². The lowest BCUT2D eigenvalue weighted by Crippen LogP contribution is -2.48. The summed E-state index contributed by atoms with van der Waals surface area (Å²) >= 11 is 0. The summed E-state index contributed by atoms with van der Waals surface area (Å²) in [7, 11) is 2.08. The highest BCUT2D eigenvalue weighted by molar-refractivity contribution is 5.92. The molecule has 3 rings (SSSR count). The van der Waals surface area contributed by atoms with Gasteiger partial charge in [0, 0.05) is 32.7 Å². The lowest BCUT2D eigenvalue weighted by molar-refractivity contribution is -0.136. The first kappa shape index (κ1) is 16.5. The SMILES string of the molecule is CN1CCN(C(=O)C2CC2C(=O)NCCC2=CCCCC2)CC1. The van der Waals surface area contributed by atoms with Crippen LogP contribution in [0.5, 0.6) is 0 Å². The van der Waals surface area contributed by atoms with Crippen molar-refractivity contribution < 1.29 is 9.59 Å². The highest BCUT2D eigenvalue weighted by Crippen LogP contribution is 2.40. The molecule has 2 unspecified atom stereocenters. The zero-order chi connectivity index (χ0) is 16.2. The third-order valence-electron chi connectivity index (χ3n) is 5.39. The number of piperazine rings is 1. The summed E-state index contributed by atoms with van der Waals surface area (Å²) in [5.41, 5.74) is 1.48. The molecule has 0 aromatic heterocycles. The van der Waals surface area contributed by atoms with Gasteiger partial charge in [-0.25, -0.2) is 0 Å². The number of nitrogens with zero attached hydrogens (tertiary/aromatic N) is 2. The maximum atomic E-state index is 12.4. The fraction of sp³-hybridized carbons (Fsp3) is 0.778. The number of amides is 2. The van der Waals surface area contributed by atoms with E-state index in [0.717, 1.165) is 45.6 Å². The number of nitrogens with one attached hydrogen (secondary N) is 1. The summed E-state index contributed by atoms with van der Waals surface area (Å²) in [6, 6.07) is 0. The minimum Gasteiger partial charge on any atom is -0.356 e. The van der Waals surface area contributed by atoms with E-state index in [2.05, 4.69) is 23.3 Å². The molecule has 1 N–H and O–H groups in total. The number of rotatable bonds is 5. The number of hydrogen-bond acceptors (Lipinski definition) is 3. The monoisotopic (exact) mass is 319 g/mol. The van der Waals surface area contributed by atoms with Crippen molar-refractivity contribution in [1.29, 1.82) is 0 Å². The number of allylic oxidation sites excluding steroid dienone is 1. The van der Waals surface area contributed by atoms with Crippen molar-refractivity contribution in [3.05, 3.63) is 11.6 Å². The molecule has 2 aliphatic carbocycles.